The summed E-state index contributed by atoms with van der Waals surface area (Å²) in [6.45, 7) is 0. The molecule has 0 N–H and O–H groups in total. The molecule has 0 fully saturated rings. The molecule has 0 unspecified atom stereocenters. The average Bonchev–Trinajstić information content (AvgIpc) is 3.35. The zero-order valence-corrected chi connectivity index (χ0v) is 32.6. The summed E-state index contributed by atoms with van der Waals surface area (Å²) in [5.41, 5.74) is 15.0. The highest BCUT2D eigenvalue weighted by atomic mass is 15.0. The Labute approximate surface area is 349 Å². The van der Waals surface area contributed by atoms with Crippen LogP contribution in [-0.2, 0) is 0 Å². The molecule has 282 valence electrons. The van der Waals surface area contributed by atoms with Crippen LogP contribution in [0.25, 0.3) is 101 Å². The fourth-order valence-corrected chi connectivity index (χ4v) is 7.48. The van der Waals surface area contributed by atoms with Crippen molar-refractivity contribution >= 4 is 0 Å². The highest BCUT2D eigenvalue weighted by Crippen LogP contribution is 2.36. The first-order valence-electron chi connectivity index (χ1n) is 20.0. The van der Waals surface area contributed by atoms with Gasteiger partial charge in [0.1, 0.15) is 0 Å². The molecule has 10 rings (SSSR count). The molecule has 0 aliphatic heterocycles. The summed E-state index contributed by atoms with van der Waals surface area (Å²) in [6.07, 6.45) is 3.89. The summed E-state index contributed by atoms with van der Waals surface area (Å²) in [6, 6.07) is 73.0. The van der Waals surface area contributed by atoms with Crippen molar-refractivity contribution in [3.05, 3.63) is 225 Å². The van der Waals surface area contributed by atoms with Gasteiger partial charge in [0.2, 0.25) is 0 Å². The maximum absolute atomic E-state index is 5.29. The van der Waals surface area contributed by atoms with Gasteiger partial charge in [-0.05, 0) is 81.9 Å². The van der Waals surface area contributed by atoms with Gasteiger partial charge in [-0.25, -0.2) is 15.0 Å². The molecule has 0 bridgehead atoms. The maximum atomic E-state index is 5.29. The molecule has 0 aliphatic rings. The van der Waals surface area contributed by atoms with Gasteiger partial charge in [-0.3, -0.25) is 9.97 Å². The van der Waals surface area contributed by atoms with E-state index < -0.39 is 0 Å². The van der Waals surface area contributed by atoms with Gasteiger partial charge in [0, 0.05) is 51.3 Å². The van der Waals surface area contributed by atoms with Gasteiger partial charge in [-0.15, -0.1) is 0 Å². The standard InChI is InChI=1S/C55H37N5/c1-6-16-38(17-7-1)45-30-47(43-26-28-51(56-36-43)40-20-10-3-11-21-40)34-49(32-45)54-58-53(42-24-14-5-15-25-42)59-55(60-54)50-33-46(39-18-8-2-9-19-39)31-48(35-50)44-27-29-52(57-37-44)41-22-12-4-13-23-41/h1-37H. The minimum absolute atomic E-state index is 0.576. The van der Waals surface area contributed by atoms with Crippen LogP contribution in [0, 0.1) is 0 Å². The lowest BCUT2D eigenvalue weighted by Crippen LogP contribution is -2.01. The second-order valence-electron chi connectivity index (χ2n) is 14.6. The van der Waals surface area contributed by atoms with Gasteiger partial charge in [-0.1, -0.05) is 164 Å². The fourth-order valence-electron chi connectivity index (χ4n) is 7.48. The second-order valence-corrected chi connectivity index (χ2v) is 14.6. The van der Waals surface area contributed by atoms with E-state index in [9.17, 15) is 0 Å². The summed E-state index contributed by atoms with van der Waals surface area (Å²) in [5, 5.41) is 0. The number of nitrogens with zero attached hydrogens (tertiary/aromatic N) is 5. The molecule has 10 aromatic rings. The molecule has 5 heteroatoms. The third-order valence-corrected chi connectivity index (χ3v) is 10.6. The van der Waals surface area contributed by atoms with Crippen molar-refractivity contribution < 1.29 is 0 Å². The van der Waals surface area contributed by atoms with Crippen molar-refractivity contribution in [1.29, 1.82) is 0 Å². The van der Waals surface area contributed by atoms with Crippen molar-refractivity contribution in [2.24, 2.45) is 0 Å². The lowest BCUT2D eigenvalue weighted by atomic mass is 9.95. The van der Waals surface area contributed by atoms with Gasteiger partial charge in [-0.2, -0.15) is 0 Å². The van der Waals surface area contributed by atoms with E-state index in [-0.39, 0.29) is 0 Å². The van der Waals surface area contributed by atoms with Crippen LogP contribution in [0.4, 0.5) is 0 Å². The Morgan fingerprint density at radius 3 is 0.817 bits per heavy atom. The van der Waals surface area contributed by atoms with Crippen LogP contribution >= 0.6 is 0 Å². The van der Waals surface area contributed by atoms with E-state index in [4.69, 9.17) is 24.9 Å². The average molecular weight is 768 g/mol. The summed E-state index contributed by atoms with van der Waals surface area (Å²) in [7, 11) is 0. The molecule has 0 saturated heterocycles. The predicted molar refractivity (Wildman–Crippen MR) is 244 cm³/mol. The Bertz CT molecular complexity index is 2840. The fraction of sp³-hybridized carbons (Fsp3) is 0. The normalized spacial score (nSPS) is 11.0. The van der Waals surface area contributed by atoms with Crippen LogP contribution < -0.4 is 0 Å². The molecular weight excluding hydrogens is 731 g/mol. The summed E-state index contributed by atoms with van der Waals surface area (Å²) in [4.78, 5) is 25.4. The van der Waals surface area contributed by atoms with E-state index in [1.54, 1.807) is 0 Å². The van der Waals surface area contributed by atoms with Gasteiger partial charge < -0.3 is 0 Å². The largest absolute Gasteiger partial charge is 0.256 e. The SMILES string of the molecule is c1ccc(-c2cc(-c3ccc(-c4ccccc4)nc3)cc(-c3nc(-c4ccccc4)nc(-c4cc(-c5ccccc5)cc(-c5ccc(-c6ccccc6)nc5)c4)n3)c2)cc1. The number of aromatic nitrogens is 5. The Morgan fingerprint density at radius 2 is 0.483 bits per heavy atom. The Kier molecular flexibility index (Phi) is 9.88. The molecule has 5 nitrogen and oxygen atoms in total. The van der Waals surface area contributed by atoms with E-state index in [0.717, 1.165) is 83.7 Å². The number of hydrogen-bond acceptors (Lipinski definition) is 5. The molecule has 0 spiro atoms. The molecule has 3 heterocycles. The van der Waals surface area contributed by atoms with Crippen molar-refractivity contribution in [2.45, 2.75) is 0 Å². The van der Waals surface area contributed by atoms with E-state index in [2.05, 4.69) is 133 Å². The summed E-state index contributed by atoms with van der Waals surface area (Å²) < 4.78 is 0. The lowest BCUT2D eigenvalue weighted by Gasteiger charge is -2.14. The Balaban J connectivity index is 1.14. The third kappa shape index (κ3) is 7.76. The highest BCUT2D eigenvalue weighted by Gasteiger charge is 2.17. The van der Waals surface area contributed by atoms with Crippen molar-refractivity contribution in [2.75, 3.05) is 0 Å². The molecule has 0 aliphatic carbocycles. The third-order valence-electron chi connectivity index (χ3n) is 10.6. The lowest BCUT2D eigenvalue weighted by molar-refractivity contribution is 1.07. The van der Waals surface area contributed by atoms with E-state index in [1.165, 1.54) is 0 Å². The van der Waals surface area contributed by atoms with E-state index >= 15 is 0 Å². The first-order valence-corrected chi connectivity index (χ1v) is 20.0. The number of hydrogen-bond donors (Lipinski definition) is 0. The van der Waals surface area contributed by atoms with E-state index in [0.29, 0.717) is 17.5 Å². The van der Waals surface area contributed by atoms with Gasteiger partial charge >= 0.3 is 0 Å². The van der Waals surface area contributed by atoms with Crippen LogP contribution in [0.2, 0.25) is 0 Å². The zero-order chi connectivity index (χ0) is 40.1. The molecule has 3 aromatic heterocycles. The van der Waals surface area contributed by atoms with E-state index in [1.807, 2.05) is 91.3 Å². The zero-order valence-electron chi connectivity index (χ0n) is 32.6. The maximum Gasteiger partial charge on any atom is 0.164 e. The smallest absolute Gasteiger partial charge is 0.164 e. The topological polar surface area (TPSA) is 64.5 Å². The second kappa shape index (κ2) is 16.4. The Morgan fingerprint density at radius 1 is 0.200 bits per heavy atom. The van der Waals surface area contributed by atoms with Gasteiger partial charge in [0.25, 0.3) is 0 Å². The van der Waals surface area contributed by atoms with Crippen molar-refractivity contribution in [1.82, 2.24) is 24.9 Å². The first kappa shape index (κ1) is 36.2. The minimum atomic E-state index is 0.576. The van der Waals surface area contributed by atoms with Crippen molar-refractivity contribution in [3.8, 4) is 101 Å². The summed E-state index contributed by atoms with van der Waals surface area (Å²) >= 11 is 0. The number of rotatable bonds is 9. The van der Waals surface area contributed by atoms with Crippen LogP contribution in [0.5, 0.6) is 0 Å². The van der Waals surface area contributed by atoms with Crippen LogP contribution in [0.1, 0.15) is 0 Å². The molecule has 0 saturated carbocycles. The molecule has 0 radical (unpaired) electrons. The highest BCUT2D eigenvalue weighted by molar-refractivity contribution is 5.83. The molecular formula is C55H37N5. The van der Waals surface area contributed by atoms with Crippen LogP contribution in [0.3, 0.4) is 0 Å². The van der Waals surface area contributed by atoms with Gasteiger partial charge in [0.05, 0.1) is 11.4 Å². The van der Waals surface area contributed by atoms with Crippen LogP contribution in [-0.4, -0.2) is 24.9 Å². The predicted octanol–water partition coefficient (Wildman–Crippen LogP) is 13.7. The quantitative estimate of drug-likeness (QED) is 0.146. The van der Waals surface area contributed by atoms with Gasteiger partial charge in [0.15, 0.2) is 17.5 Å². The number of pyridine rings is 2. The minimum Gasteiger partial charge on any atom is -0.256 e. The first-order chi connectivity index (χ1) is 29.7. The van der Waals surface area contributed by atoms with Crippen LogP contribution in [0.15, 0.2) is 225 Å². The molecule has 60 heavy (non-hydrogen) atoms. The Hall–Kier alpha value is -8.15. The molecule has 0 atom stereocenters. The number of benzene rings is 7. The summed E-state index contributed by atoms with van der Waals surface area (Å²) in [5.74, 6) is 1.75. The molecule has 0 amide bonds. The molecule has 7 aromatic carbocycles. The van der Waals surface area contributed by atoms with Crippen molar-refractivity contribution in [3.63, 3.8) is 0 Å². The monoisotopic (exact) mass is 767 g/mol.